The van der Waals surface area contributed by atoms with Gasteiger partial charge in [0.1, 0.15) is 17.1 Å². The van der Waals surface area contributed by atoms with Crippen molar-refractivity contribution >= 4 is 11.8 Å². The second-order valence-electron chi connectivity index (χ2n) is 4.92. The van der Waals surface area contributed by atoms with Crippen molar-refractivity contribution < 1.29 is 14.0 Å². The molecule has 0 saturated heterocycles. The first-order valence-corrected chi connectivity index (χ1v) is 6.81. The number of furan rings is 1. The van der Waals surface area contributed by atoms with Crippen LogP contribution in [0.4, 0.5) is 0 Å². The van der Waals surface area contributed by atoms with Gasteiger partial charge in [0.05, 0.1) is 12.8 Å². The summed E-state index contributed by atoms with van der Waals surface area (Å²) < 4.78 is 5.13. The molecule has 2 aromatic rings. The van der Waals surface area contributed by atoms with E-state index in [1.165, 1.54) is 0 Å². The summed E-state index contributed by atoms with van der Waals surface area (Å²) in [7, 11) is 0. The van der Waals surface area contributed by atoms with Gasteiger partial charge in [0.15, 0.2) is 0 Å². The molecule has 6 heteroatoms. The fraction of sp³-hybridized carbons (Fsp3) is 0.267. The number of hydrogen-bond acceptors (Lipinski definition) is 4. The first kappa shape index (κ1) is 13.4. The van der Waals surface area contributed by atoms with E-state index in [0.29, 0.717) is 5.76 Å². The molecular weight excluding hydrogens is 270 g/mol. The quantitative estimate of drug-likeness (QED) is 0.872. The van der Waals surface area contributed by atoms with Gasteiger partial charge in [-0.3, -0.25) is 9.59 Å². The zero-order valence-corrected chi connectivity index (χ0v) is 11.3. The molecule has 2 heterocycles. The summed E-state index contributed by atoms with van der Waals surface area (Å²) in [5.41, 5.74) is 0.470. The second-order valence-corrected chi connectivity index (χ2v) is 4.92. The Hall–Kier alpha value is -2.63. The van der Waals surface area contributed by atoms with E-state index in [1.54, 1.807) is 36.6 Å². The van der Waals surface area contributed by atoms with Crippen molar-refractivity contribution in [3.05, 3.63) is 53.7 Å². The third kappa shape index (κ3) is 3.47. The maximum atomic E-state index is 12.0. The Morgan fingerprint density at radius 2 is 1.90 bits per heavy atom. The number of nitrogens with one attached hydrogen (secondary N) is 2. The van der Waals surface area contributed by atoms with Crippen LogP contribution in [0, 0.1) is 0 Å². The van der Waals surface area contributed by atoms with Crippen molar-refractivity contribution in [2.45, 2.75) is 25.4 Å². The van der Waals surface area contributed by atoms with E-state index >= 15 is 0 Å². The molecule has 0 unspecified atom stereocenters. The number of nitrogens with zero attached hydrogens (tertiary/aromatic N) is 1. The molecule has 0 aromatic carbocycles. The molecule has 108 valence electrons. The van der Waals surface area contributed by atoms with Crippen LogP contribution >= 0.6 is 0 Å². The summed E-state index contributed by atoms with van der Waals surface area (Å²) in [6, 6.07) is 8.61. The highest BCUT2D eigenvalue weighted by Gasteiger charge is 2.24. The van der Waals surface area contributed by atoms with Gasteiger partial charge >= 0.3 is 0 Å². The molecule has 2 amide bonds. The van der Waals surface area contributed by atoms with Crippen LogP contribution in [0.15, 0.2) is 41.0 Å². The molecule has 1 aliphatic rings. The molecule has 1 aliphatic carbocycles. The zero-order valence-electron chi connectivity index (χ0n) is 11.3. The largest absolute Gasteiger partial charge is 0.467 e. The third-order valence-corrected chi connectivity index (χ3v) is 3.13. The zero-order chi connectivity index (χ0) is 14.7. The molecule has 6 nitrogen and oxygen atoms in total. The highest BCUT2D eigenvalue weighted by Crippen LogP contribution is 2.19. The lowest BCUT2D eigenvalue weighted by Gasteiger charge is -2.05. The molecule has 0 aliphatic heterocycles. The van der Waals surface area contributed by atoms with Gasteiger partial charge in [-0.15, -0.1) is 0 Å². The van der Waals surface area contributed by atoms with Crippen molar-refractivity contribution in [2.24, 2.45) is 0 Å². The van der Waals surface area contributed by atoms with Crippen molar-refractivity contribution in [3.8, 4) is 0 Å². The predicted octanol–water partition coefficient (Wildman–Crippen LogP) is 1.50. The van der Waals surface area contributed by atoms with Gasteiger partial charge in [0, 0.05) is 6.04 Å². The van der Waals surface area contributed by atoms with E-state index < -0.39 is 0 Å². The highest BCUT2D eigenvalue weighted by molar-refractivity contribution is 5.96. The van der Waals surface area contributed by atoms with E-state index in [1.807, 2.05) is 0 Å². The first-order valence-electron chi connectivity index (χ1n) is 6.81. The van der Waals surface area contributed by atoms with Crippen LogP contribution in [0.25, 0.3) is 0 Å². The second kappa shape index (κ2) is 5.78. The molecule has 0 bridgehead atoms. The topological polar surface area (TPSA) is 84.2 Å². The van der Waals surface area contributed by atoms with E-state index in [-0.39, 0.29) is 35.8 Å². The van der Waals surface area contributed by atoms with Crippen LogP contribution in [0.2, 0.25) is 0 Å². The number of aromatic nitrogens is 1. The molecule has 1 fully saturated rings. The Morgan fingerprint density at radius 3 is 2.57 bits per heavy atom. The average Bonchev–Trinajstić information content (AvgIpc) is 3.16. The van der Waals surface area contributed by atoms with Crippen molar-refractivity contribution in [2.75, 3.05) is 0 Å². The summed E-state index contributed by atoms with van der Waals surface area (Å²) in [4.78, 5) is 28.0. The van der Waals surface area contributed by atoms with Crippen LogP contribution in [0.5, 0.6) is 0 Å². The molecule has 2 N–H and O–H groups in total. The summed E-state index contributed by atoms with van der Waals surface area (Å²) >= 11 is 0. The van der Waals surface area contributed by atoms with Crippen LogP contribution in [0.1, 0.15) is 39.6 Å². The highest BCUT2D eigenvalue weighted by atomic mass is 16.3. The fourth-order valence-electron chi connectivity index (χ4n) is 1.85. The van der Waals surface area contributed by atoms with Gasteiger partial charge in [0.2, 0.25) is 0 Å². The molecular formula is C15H15N3O3. The monoisotopic (exact) mass is 285 g/mol. The summed E-state index contributed by atoms with van der Waals surface area (Å²) in [6.45, 7) is 0.284. The minimum absolute atomic E-state index is 0.213. The number of carbonyl (C=O) groups is 2. The van der Waals surface area contributed by atoms with Crippen LogP contribution < -0.4 is 10.6 Å². The lowest BCUT2D eigenvalue weighted by molar-refractivity contribution is 0.0940. The number of pyridine rings is 1. The summed E-state index contributed by atoms with van der Waals surface area (Å²) in [5.74, 6) is 0.0802. The van der Waals surface area contributed by atoms with Crippen LogP contribution in [-0.2, 0) is 6.54 Å². The van der Waals surface area contributed by atoms with Crippen molar-refractivity contribution in [1.82, 2.24) is 15.6 Å². The molecule has 0 radical (unpaired) electrons. The van der Waals surface area contributed by atoms with E-state index in [0.717, 1.165) is 12.8 Å². The van der Waals surface area contributed by atoms with E-state index in [4.69, 9.17) is 4.42 Å². The van der Waals surface area contributed by atoms with Gasteiger partial charge in [0.25, 0.3) is 11.8 Å². The molecule has 0 spiro atoms. The van der Waals surface area contributed by atoms with E-state index in [2.05, 4.69) is 15.6 Å². The van der Waals surface area contributed by atoms with Crippen LogP contribution in [-0.4, -0.2) is 22.8 Å². The molecule has 2 aromatic heterocycles. The SMILES string of the molecule is O=C(NCc1ccco1)c1cccc(C(=O)NC2CC2)n1. The molecule has 1 saturated carbocycles. The number of hydrogen-bond donors (Lipinski definition) is 2. The lowest BCUT2D eigenvalue weighted by atomic mass is 10.2. The molecule has 21 heavy (non-hydrogen) atoms. The third-order valence-electron chi connectivity index (χ3n) is 3.13. The summed E-state index contributed by atoms with van der Waals surface area (Å²) in [5, 5.41) is 5.54. The molecule has 3 rings (SSSR count). The van der Waals surface area contributed by atoms with E-state index in [9.17, 15) is 9.59 Å². The van der Waals surface area contributed by atoms with Gasteiger partial charge in [-0.05, 0) is 37.1 Å². The Kier molecular flexibility index (Phi) is 3.68. The van der Waals surface area contributed by atoms with Gasteiger partial charge in [-0.1, -0.05) is 6.07 Å². The van der Waals surface area contributed by atoms with Crippen molar-refractivity contribution in [3.63, 3.8) is 0 Å². The number of amides is 2. The Labute approximate surface area is 121 Å². The Morgan fingerprint density at radius 1 is 1.14 bits per heavy atom. The summed E-state index contributed by atoms with van der Waals surface area (Å²) in [6.07, 6.45) is 3.56. The number of rotatable bonds is 5. The minimum atomic E-state index is -0.340. The molecule has 0 atom stereocenters. The average molecular weight is 285 g/mol. The van der Waals surface area contributed by atoms with Gasteiger partial charge in [-0.25, -0.2) is 4.98 Å². The maximum Gasteiger partial charge on any atom is 0.270 e. The normalized spacial score (nSPS) is 13.7. The smallest absolute Gasteiger partial charge is 0.270 e. The first-order chi connectivity index (χ1) is 10.2. The Balaban J connectivity index is 1.63. The number of carbonyl (C=O) groups excluding carboxylic acids is 2. The van der Waals surface area contributed by atoms with Crippen LogP contribution in [0.3, 0.4) is 0 Å². The lowest BCUT2D eigenvalue weighted by Crippen LogP contribution is -2.28. The predicted molar refractivity (Wildman–Crippen MR) is 74.6 cm³/mol. The minimum Gasteiger partial charge on any atom is -0.467 e. The maximum absolute atomic E-state index is 12.0. The van der Waals surface area contributed by atoms with Crippen molar-refractivity contribution in [1.29, 1.82) is 0 Å². The fourth-order valence-corrected chi connectivity index (χ4v) is 1.85. The van der Waals surface area contributed by atoms with Gasteiger partial charge < -0.3 is 15.1 Å². The standard InChI is InChI=1S/C15H15N3O3/c19-14(16-9-11-3-2-8-21-11)12-4-1-5-13(18-12)15(20)17-10-6-7-10/h1-5,8,10H,6-7,9H2,(H,16,19)(H,17,20). The van der Waals surface area contributed by atoms with Gasteiger partial charge in [-0.2, -0.15) is 0 Å². The Bertz CT molecular complexity index is 648.